The number of benzene rings is 1. The molecule has 0 saturated heterocycles. The lowest BCUT2D eigenvalue weighted by Gasteiger charge is -2.74. The van der Waals surface area contributed by atoms with Gasteiger partial charge in [0.1, 0.15) is 30.3 Å². The molecule has 1 aromatic carbocycles. The number of anilines is 1. The molecule has 198 valence electrons. The van der Waals surface area contributed by atoms with Crippen molar-refractivity contribution < 1.29 is 35.8 Å². The van der Waals surface area contributed by atoms with Gasteiger partial charge in [0, 0.05) is 30.3 Å². The van der Waals surface area contributed by atoms with E-state index in [4.69, 9.17) is 0 Å². The van der Waals surface area contributed by atoms with Crippen molar-refractivity contribution in [2.45, 2.75) is 48.9 Å². The molecule has 3 aliphatic carbocycles. The van der Waals surface area contributed by atoms with Crippen molar-refractivity contribution in [2.75, 3.05) is 18.5 Å². The first-order valence-corrected chi connectivity index (χ1v) is 11.2. The van der Waals surface area contributed by atoms with Crippen LogP contribution < -0.4 is 4.90 Å². The van der Waals surface area contributed by atoms with Gasteiger partial charge in [-0.25, -0.2) is 27.2 Å². The molecule has 2 aromatic heterocycles. The van der Waals surface area contributed by atoms with Crippen LogP contribution in [-0.4, -0.2) is 56.0 Å². The molecule has 3 aliphatic rings. The molecule has 3 saturated carbocycles. The monoisotopic (exact) mass is 530 g/mol. The molecule has 0 amide bonds. The SMILES string of the molecule is CN(CC(F)(F)F)c1ccc(C23CC(C(F)(F)[C@@](O)(Cn4cnnn4)c4ccc(F)cc4F)(C2)C3)cn1. The summed E-state index contributed by atoms with van der Waals surface area (Å²) in [6, 6.07) is 4.94. The van der Waals surface area contributed by atoms with Gasteiger partial charge in [0.25, 0.3) is 5.92 Å². The van der Waals surface area contributed by atoms with Crippen LogP contribution >= 0.6 is 0 Å². The van der Waals surface area contributed by atoms with E-state index in [0.29, 0.717) is 11.6 Å². The van der Waals surface area contributed by atoms with Gasteiger partial charge < -0.3 is 10.0 Å². The van der Waals surface area contributed by atoms with E-state index in [-0.39, 0.29) is 25.1 Å². The maximum Gasteiger partial charge on any atom is 0.405 e. The highest BCUT2D eigenvalue weighted by atomic mass is 19.4. The van der Waals surface area contributed by atoms with Gasteiger partial charge in [-0.05, 0) is 58.9 Å². The summed E-state index contributed by atoms with van der Waals surface area (Å²) in [5, 5.41) is 21.6. The summed E-state index contributed by atoms with van der Waals surface area (Å²) >= 11 is 0. The number of tetrazole rings is 1. The van der Waals surface area contributed by atoms with Crippen LogP contribution in [0.3, 0.4) is 0 Å². The lowest BCUT2D eigenvalue weighted by atomic mass is 9.30. The van der Waals surface area contributed by atoms with Crippen LogP contribution in [0.25, 0.3) is 0 Å². The Hall–Kier alpha value is -3.29. The van der Waals surface area contributed by atoms with Crippen LogP contribution in [0.15, 0.2) is 42.9 Å². The Labute approximate surface area is 205 Å². The van der Waals surface area contributed by atoms with Gasteiger partial charge in [-0.15, -0.1) is 5.10 Å². The maximum atomic E-state index is 16.2. The molecule has 7 nitrogen and oxygen atoms in total. The second-order valence-corrected chi connectivity index (χ2v) is 10.0. The number of aliphatic hydroxyl groups is 1. The smallest absolute Gasteiger partial charge is 0.377 e. The van der Waals surface area contributed by atoms with Crippen LogP contribution in [0.4, 0.5) is 36.6 Å². The van der Waals surface area contributed by atoms with Gasteiger partial charge >= 0.3 is 6.18 Å². The number of rotatable bonds is 8. The van der Waals surface area contributed by atoms with Crippen molar-refractivity contribution in [2.24, 2.45) is 5.41 Å². The molecule has 0 spiro atoms. The first-order chi connectivity index (χ1) is 17.2. The Morgan fingerprint density at radius 3 is 2.30 bits per heavy atom. The van der Waals surface area contributed by atoms with E-state index in [1.165, 1.54) is 19.3 Å². The Morgan fingerprint density at radius 1 is 1.05 bits per heavy atom. The lowest BCUT2D eigenvalue weighted by molar-refractivity contribution is -0.347. The van der Waals surface area contributed by atoms with Gasteiger partial charge in [-0.2, -0.15) is 13.2 Å². The van der Waals surface area contributed by atoms with Gasteiger partial charge in [-0.1, -0.05) is 6.07 Å². The number of aromatic nitrogens is 5. The Morgan fingerprint density at radius 2 is 1.76 bits per heavy atom. The van der Waals surface area contributed by atoms with E-state index in [1.807, 2.05) is 0 Å². The van der Waals surface area contributed by atoms with Crippen molar-refractivity contribution in [1.29, 1.82) is 0 Å². The Balaban J connectivity index is 1.40. The second-order valence-electron chi connectivity index (χ2n) is 10.0. The molecule has 0 radical (unpaired) electrons. The fourth-order valence-electron chi connectivity index (χ4n) is 5.81. The summed E-state index contributed by atoms with van der Waals surface area (Å²) in [6.07, 6.45) is -2.23. The zero-order chi connectivity index (χ0) is 26.9. The topological polar surface area (TPSA) is 80.0 Å². The highest BCUT2D eigenvalue weighted by Crippen LogP contribution is 2.80. The van der Waals surface area contributed by atoms with Crippen LogP contribution in [0.1, 0.15) is 30.4 Å². The number of hydrogen-bond acceptors (Lipinski definition) is 6. The van der Waals surface area contributed by atoms with Gasteiger partial charge in [-0.3, -0.25) is 0 Å². The van der Waals surface area contributed by atoms with E-state index >= 15 is 8.78 Å². The molecule has 3 aromatic rings. The molecule has 0 aliphatic heterocycles. The van der Waals surface area contributed by atoms with E-state index in [0.717, 1.165) is 28.0 Å². The molecule has 1 atom stereocenters. The standard InChI is InChI=1S/C23H21F7N6O/c1-35(12-22(26,27)28)18-5-2-14(7-31-18)19-8-20(9-19,10-19)23(29,30)21(37,11-36-13-32-33-34-36)16-4-3-15(24)6-17(16)25/h2-7,13,37H,8-12H2,1H3/t19?,20?,21-/m1/s1. The van der Waals surface area contributed by atoms with Crippen LogP contribution in [0.2, 0.25) is 0 Å². The minimum Gasteiger partial charge on any atom is -0.377 e. The summed E-state index contributed by atoms with van der Waals surface area (Å²) in [4.78, 5) is 4.99. The molecule has 6 rings (SSSR count). The molecular formula is C23H21F7N6O. The highest BCUT2D eigenvalue weighted by Gasteiger charge is 2.82. The zero-order valence-electron chi connectivity index (χ0n) is 19.4. The molecule has 2 heterocycles. The Bertz CT molecular complexity index is 1280. The average Bonchev–Trinajstić information content (AvgIpc) is 3.23. The quantitative estimate of drug-likeness (QED) is 0.444. The highest BCUT2D eigenvalue weighted by molar-refractivity contribution is 5.46. The fourth-order valence-corrected chi connectivity index (χ4v) is 5.81. The summed E-state index contributed by atoms with van der Waals surface area (Å²) in [7, 11) is 1.24. The summed E-state index contributed by atoms with van der Waals surface area (Å²) in [5.74, 6) is -6.13. The van der Waals surface area contributed by atoms with E-state index < -0.39 is 58.8 Å². The summed E-state index contributed by atoms with van der Waals surface area (Å²) in [5.41, 5.74) is -5.68. The molecule has 3 fully saturated rings. The fraction of sp³-hybridized carbons (Fsp3) is 0.478. The normalized spacial score (nSPS) is 24.7. The summed E-state index contributed by atoms with van der Waals surface area (Å²) < 4.78 is 99.4. The zero-order valence-corrected chi connectivity index (χ0v) is 19.4. The van der Waals surface area contributed by atoms with Crippen LogP contribution in [-0.2, 0) is 17.6 Å². The van der Waals surface area contributed by atoms with Gasteiger partial charge in [0.15, 0.2) is 5.60 Å². The number of pyridine rings is 1. The molecular weight excluding hydrogens is 509 g/mol. The van der Waals surface area contributed by atoms with Crippen molar-refractivity contribution in [3.63, 3.8) is 0 Å². The van der Waals surface area contributed by atoms with Crippen molar-refractivity contribution >= 4 is 5.82 Å². The second kappa shape index (κ2) is 8.10. The third kappa shape index (κ3) is 3.92. The first kappa shape index (κ1) is 25.4. The molecule has 1 N–H and O–H groups in total. The Kier molecular flexibility index (Phi) is 5.55. The molecule has 2 bridgehead atoms. The average molecular weight is 530 g/mol. The van der Waals surface area contributed by atoms with Gasteiger partial charge in [0.05, 0.1) is 6.54 Å². The van der Waals surface area contributed by atoms with E-state index in [9.17, 15) is 27.1 Å². The molecule has 0 unspecified atom stereocenters. The lowest BCUT2D eigenvalue weighted by Crippen LogP contribution is -2.76. The maximum absolute atomic E-state index is 16.2. The van der Waals surface area contributed by atoms with Gasteiger partial charge in [0.2, 0.25) is 0 Å². The van der Waals surface area contributed by atoms with E-state index in [2.05, 4.69) is 20.5 Å². The predicted octanol–water partition coefficient (Wildman–Crippen LogP) is 3.99. The minimum atomic E-state index is -4.41. The van der Waals surface area contributed by atoms with Crippen molar-refractivity contribution in [3.8, 4) is 0 Å². The molecule has 14 heteroatoms. The number of alkyl halides is 5. The minimum absolute atomic E-state index is 0.0624. The number of halogens is 7. The third-order valence-corrected chi connectivity index (χ3v) is 7.54. The first-order valence-electron chi connectivity index (χ1n) is 11.2. The van der Waals surface area contributed by atoms with E-state index in [1.54, 1.807) is 6.07 Å². The van der Waals surface area contributed by atoms with Crippen molar-refractivity contribution in [1.82, 2.24) is 25.2 Å². The predicted molar refractivity (Wildman–Crippen MR) is 115 cm³/mol. The third-order valence-electron chi connectivity index (χ3n) is 7.54. The number of hydrogen-bond donors (Lipinski definition) is 1. The molecule has 37 heavy (non-hydrogen) atoms. The number of nitrogens with zero attached hydrogens (tertiary/aromatic N) is 6. The largest absolute Gasteiger partial charge is 0.405 e. The summed E-state index contributed by atoms with van der Waals surface area (Å²) in [6.45, 7) is -2.08. The van der Waals surface area contributed by atoms with Crippen molar-refractivity contribution in [3.05, 3.63) is 65.6 Å². The van der Waals surface area contributed by atoms with Crippen LogP contribution in [0.5, 0.6) is 0 Å². The van der Waals surface area contributed by atoms with Crippen LogP contribution in [0, 0.1) is 17.0 Å².